The van der Waals surface area contributed by atoms with Crippen LogP contribution in [-0.2, 0) is 26.2 Å². The van der Waals surface area contributed by atoms with E-state index in [0.29, 0.717) is 17.0 Å². The van der Waals surface area contributed by atoms with Crippen molar-refractivity contribution >= 4 is 39.1 Å². The Morgan fingerprint density at radius 2 is 1.63 bits per heavy atom. The van der Waals surface area contributed by atoms with E-state index in [9.17, 15) is 22.4 Å². The van der Waals surface area contributed by atoms with E-state index >= 15 is 0 Å². The first-order chi connectivity index (χ1) is 19.6. The molecule has 7 nitrogen and oxygen atoms in total. The van der Waals surface area contributed by atoms with E-state index in [2.05, 4.69) is 5.32 Å². The molecule has 218 valence electrons. The number of hydrogen-bond acceptors (Lipinski definition) is 4. The lowest BCUT2D eigenvalue weighted by atomic mass is 10.1. The molecule has 0 spiro atoms. The first-order valence-electron chi connectivity index (χ1n) is 13.8. The lowest BCUT2D eigenvalue weighted by Crippen LogP contribution is -2.53. The van der Waals surface area contributed by atoms with Crippen LogP contribution < -0.4 is 9.62 Å². The van der Waals surface area contributed by atoms with Gasteiger partial charge in [-0.25, -0.2) is 12.8 Å². The zero-order chi connectivity index (χ0) is 29.6. The Labute approximate surface area is 246 Å². The van der Waals surface area contributed by atoms with E-state index in [-0.39, 0.29) is 29.1 Å². The summed E-state index contributed by atoms with van der Waals surface area (Å²) in [5.74, 6) is -1.41. The molecule has 3 aromatic carbocycles. The lowest BCUT2D eigenvalue weighted by molar-refractivity contribution is -0.140. The molecule has 2 amide bonds. The average molecular weight is 600 g/mol. The van der Waals surface area contributed by atoms with Gasteiger partial charge in [-0.2, -0.15) is 0 Å². The van der Waals surface area contributed by atoms with E-state index in [1.54, 1.807) is 36.4 Å². The molecule has 3 aromatic rings. The number of benzene rings is 3. The zero-order valence-electron chi connectivity index (χ0n) is 23.2. The molecule has 1 atom stereocenters. The minimum atomic E-state index is -4.23. The number of nitrogens with one attached hydrogen (secondary N) is 1. The Hall–Kier alpha value is -3.43. The highest BCUT2D eigenvalue weighted by Crippen LogP contribution is 2.27. The summed E-state index contributed by atoms with van der Waals surface area (Å²) < 4.78 is 42.5. The van der Waals surface area contributed by atoms with Crippen LogP contribution >= 0.6 is 11.6 Å². The van der Waals surface area contributed by atoms with E-state index < -0.39 is 34.3 Å². The molecule has 0 bridgehead atoms. The third kappa shape index (κ3) is 7.45. The summed E-state index contributed by atoms with van der Waals surface area (Å²) in [6.45, 7) is 3.06. The topological polar surface area (TPSA) is 86.8 Å². The van der Waals surface area contributed by atoms with Crippen LogP contribution in [0.1, 0.15) is 50.2 Å². The fourth-order valence-electron chi connectivity index (χ4n) is 5.07. The number of rotatable bonds is 11. The van der Waals surface area contributed by atoms with Gasteiger partial charge in [0.2, 0.25) is 11.8 Å². The molecule has 0 aliphatic heterocycles. The first-order valence-corrected chi connectivity index (χ1v) is 15.6. The number of nitrogens with zero attached hydrogens (tertiary/aromatic N) is 2. The second kappa shape index (κ2) is 13.5. The van der Waals surface area contributed by atoms with Gasteiger partial charge in [-0.05, 0) is 74.2 Å². The van der Waals surface area contributed by atoms with E-state index in [1.165, 1.54) is 29.2 Å². The minimum absolute atomic E-state index is 0.0103. The molecule has 0 heterocycles. The number of halogens is 2. The van der Waals surface area contributed by atoms with Crippen molar-refractivity contribution in [2.45, 2.75) is 69.5 Å². The molecule has 1 aliphatic carbocycles. The van der Waals surface area contributed by atoms with Crippen molar-refractivity contribution in [2.24, 2.45) is 0 Å². The molecule has 1 N–H and O–H groups in total. The van der Waals surface area contributed by atoms with Crippen molar-refractivity contribution in [1.29, 1.82) is 0 Å². The zero-order valence-corrected chi connectivity index (χ0v) is 24.8. The van der Waals surface area contributed by atoms with Crippen LogP contribution in [0.4, 0.5) is 10.1 Å². The molecule has 0 aromatic heterocycles. The summed E-state index contributed by atoms with van der Waals surface area (Å²) in [5, 5.41) is 3.51. The van der Waals surface area contributed by atoms with Gasteiger partial charge in [0.1, 0.15) is 18.4 Å². The average Bonchev–Trinajstić information content (AvgIpc) is 3.46. The molecule has 41 heavy (non-hydrogen) atoms. The monoisotopic (exact) mass is 599 g/mol. The van der Waals surface area contributed by atoms with E-state index in [0.717, 1.165) is 47.7 Å². The molecular formula is C31H35ClFN3O4S. The molecule has 1 fully saturated rings. The number of hydrogen-bond donors (Lipinski definition) is 1. The standard InChI is InChI=1S/C31H35ClFN3O4S/c1-3-29(31(38)34-25-9-5-6-10-25)35(20-23-8-4-7-11-28(23)32)30(37)21-36(26-16-14-24(33)15-17-26)41(39,40)27-18-12-22(2)13-19-27/h4,7-8,11-19,25,29H,3,5-6,9-10,20-21H2,1-2H3,(H,34,38)/t29-/m0/s1. The summed E-state index contributed by atoms with van der Waals surface area (Å²) in [5.41, 5.74) is 1.63. The maximum absolute atomic E-state index is 14.1. The maximum atomic E-state index is 14.1. The van der Waals surface area contributed by atoms with Crippen LogP contribution in [0.25, 0.3) is 0 Å². The van der Waals surface area contributed by atoms with Crippen LogP contribution in [0, 0.1) is 12.7 Å². The lowest BCUT2D eigenvalue weighted by Gasteiger charge is -2.34. The van der Waals surface area contributed by atoms with Gasteiger partial charge < -0.3 is 10.2 Å². The highest BCUT2D eigenvalue weighted by atomic mass is 35.5. The van der Waals surface area contributed by atoms with Crippen molar-refractivity contribution in [3.05, 3.63) is 94.8 Å². The second-order valence-corrected chi connectivity index (χ2v) is 12.6. The minimum Gasteiger partial charge on any atom is -0.352 e. The SMILES string of the molecule is CC[C@@H](C(=O)NC1CCCC1)N(Cc1ccccc1Cl)C(=O)CN(c1ccc(F)cc1)S(=O)(=O)c1ccc(C)cc1. The Bertz CT molecular complexity index is 1460. The largest absolute Gasteiger partial charge is 0.352 e. The van der Waals surface area contributed by atoms with Crippen LogP contribution in [0.3, 0.4) is 0 Å². The van der Waals surface area contributed by atoms with Gasteiger partial charge in [0.05, 0.1) is 10.6 Å². The van der Waals surface area contributed by atoms with Gasteiger partial charge in [0.15, 0.2) is 0 Å². The van der Waals surface area contributed by atoms with Gasteiger partial charge in [0, 0.05) is 17.6 Å². The number of carbonyl (C=O) groups excluding carboxylic acids is 2. The molecule has 10 heteroatoms. The highest BCUT2D eigenvalue weighted by Gasteiger charge is 2.34. The quantitative estimate of drug-likeness (QED) is 0.300. The van der Waals surface area contributed by atoms with Gasteiger partial charge in [-0.3, -0.25) is 13.9 Å². The molecular weight excluding hydrogens is 565 g/mol. The first kappa shape index (κ1) is 30.5. The molecule has 0 unspecified atom stereocenters. The predicted molar refractivity (Wildman–Crippen MR) is 159 cm³/mol. The van der Waals surface area contributed by atoms with E-state index in [1.807, 2.05) is 13.8 Å². The summed E-state index contributed by atoms with van der Waals surface area (Å²) in [6.07, 6.45) is 4.15. The van der Waals surface area contributed by atoms with Crippen molar-refractivity contribution in [1.82, 2.24) is 10.2 Å². The van der Waals surface area contributed by atoms with Crippen molar-refractivity contribution in [3.8, 4) is 0 Å². The van der Waals surface area contributed by atoms with Crippen LogP contribution in [0.5, 0.6) is 0 Å². The number of sulfonamides is 1. The Balaban J connectivity index is 1.72. The summed E-state index contributed by atoms with van der Waals surface area (Å²) in [7, 11) is -4.23. The third-order valence-electron chi connectivity index (χ3n) is 7.39. The van der Waals surface area contributed by atoms with Crippen LogP contribution in [0.15, 0.2) is 77.7 Å². The highest BCUT2D eigenvalue weighted by molar-refractivity contribution is 7.92. The third-order valence-corrected chi connectivity index (χ3v) is 9.55. The Morgan fingerprint density at radius 1 is 1.00 bits per heavy atom. The number of aryl methyl sites for hydroxylation is 1. The number of amides is 2. The Kier molecular flexibility index (Phi) is 10.0. The molecule has 1 saturated carbocycles. The summed E-state index contributed by atoms with van der Waals surface area (Å²) in [6, 6.07) is 17.4. The maximum Gasteiger partial charge on any atom is 0.264 e. The van der Waals surface area contributed by atoms with Crippen molar-refractivity contribution in [3.63, 3.8) is 0 Å². The fraction of sp³-hybridized carbons (Fsp3) is 0.355. The smallest absolute Gasteiger partial charge is 0.264 e. The van der Waals surface area contributed by atoms with Crippen LogP contribution in [0.2, 0.25) is 5.02 Å². The Morgan fingerprint density at radius 3 is 2.24 bits per heavy atom. The van der Waals surface area contributed by atoms with Gasteiger partial charge >= 0.3 is 0 Å². The summed E-state index contributed by atoms with van der Waals surface area (Å²) in [4.78, 5) is 29.0. The normalized spacial score (nSPS) is 14.4. The van der Waals surface area contributed by atoms with Gasteiger partial charge in [-0.1, -0.05) is 67.3 Å². The molecule has 0 radical (unpaired) electrons. The predicted octanol–water partition coefficient (Wildman–Crippen LogP) is 5.85. The second-order valence-electron chi connectivity index (χ2n) is 10.3. The molecule has 0 saturated heterocycles. The van der Waals surface area contributed by atoms with Crippen molar-refractivity contribution < 1.29 is 22.4 Å². The number of carbonyl (C=O) groups is 2. The number of anilines is 1. The molecule has 4 rings (SSSR count). The molecule has 1 aliphatic rings. The summed E-state index contributed by atoms with van der Waals surface area (Å²) >= 11 is 6.44. The van der Waals surface area contributed by atoms with Crippen molar-refractivity contribution in [2.75, 3.05) is 10.8 Å². The fourth-order valence-corrected chi connectivity index (χ4v) is 6.68. The van der Waals surface area contributed by atoms with Crippen LogP contribution in [-0.4, -0.2) is 43.8 Å². The van der Waals surface area contributed by atoms with Gasteiger partial charge in [-0.15, -0.1) is 0 Å². The van der Waals surface area contributed by atoms with Gasteiger partial charge in [0.25, 0.3) is 10.0 Å². The van der Waals surface area contributed by atoms with E-state index in [4.69, 9.17) is 11.6 Å².